The van der Waals surface area contributed by atoms with Gasteiger partial charge in [0.2, 0.25) is 0 Å². The number of amides is 1. The highest BCUT2D eigenvalue weighted by molar-refractivity contribution is 6.03. The van der Waals surface area contributed by atoms with Gasteiger partial charge in [0.15, 0.2) is 12.4 Å². The van der Waals surface area contributed by atoms with Crippen molar-refractivity contribution < 1.29 is 18.7 Å². The molecule has 152 valence electrons. The maximum absolute atomic E-state index is 14.2. The average molecular weight is 403 g/mol. The number of rotatable bonds is 6. The molecule has 0 bridgehead atoms. The van der Waals surface area contributed by atoms with Crippen LogP contribution in [0.15, 0.2) is 72.8 Å². The lowest BCUT2D eigenvalue weighted by Gasteiger charge is -2.20. The summed E-state index contributed by atoms with van der Waals surface area (Å²) in [5.74, 6) is -0.825. The van der Waals surface area contributed by atoms with Crippen molar-refractivity contribution in [2.45, 2.75) is 25.3 Å². The number of hydrogen-bond donors (Lipinski definition) is 1. The second-order valence-corrected chi connectivity index (χ2v) is 7.47. The van der Waals surface area contributed by atoms with E-state index in [1.807, 2.05) is 67.6 Å². The van der Waals surface area contributed by atoms with Gasteiger partial charge in [0, 0.05) is 12.0 Å². The van der Waals surface area contributed by atoms with Crippen molar-refractivity contribution in [3.05, 3.63) is 101 Å². The molecule has 0 aromatic heterocycles. The Labute approximate surface area is 174 Å². The van der Waals surface area contributed by atoms with Gasteiger partial charge in [-0.25, -0.2) is 4.39 Å². The molecule has 1 N–H and O–H groups in total. The maximum atomic E-state index is 14.2. The van der Waals surface area contributed by atoms with E-state index in [4.69, 9.17) is 4.74 Å². The molecule has 4 rings (SSSR count). The molecule has 4 nitrogen and oxygen atoms in total. The number of ether oxygens (including phenoxy) is 1. The number of benzene rings is 3. The molecule has 0 unspecified atom stereocenters. The number of carbonyl (C=O) groups excluding carboxylic acids is 2. The van der Waals surface area contributed by atoms with Crippen LogP contribution < -0.4 is 10.1 Å². The van der Waals surface area contributed by atoms with Gasteiger partial charge in [-0.15, -0.1) is 0 Å². The molecule has 0 saturated heterocycles. The van der Waals surface area contributed by atoms with Gasteiger partial charge in [0.1, 0.15) is 11.6 Å². The van der Waals surface area contributed by atoms with Crippen LogP contribution in [0.1, 0.15) is 52.4 Å². The quantitative estimate of drug-likeness (QED) is 0.643. The highest BCUT2D eigenvalue weighted by Gasteiger charge is 2.32. The van der Waals surface area contributed by atoms with E-state index in [1.165, 1.54) is 12.1 Å². The highest BCUT2D eigenvalue weighted by Crippen LogP contribution is 2.39. The minimum atomic E-state index is -0.409. The first-order valence-corrected chi connectivity index (χ1v) is 9.92. The molecule has 3 aromatic carbocycles. The molecular weight excluding hydrogens is 381 g/mol. The number of fused-ring (bicyclic) bond motifs is 1. The molecule has 0 fully saturated rings. The van der Waals surface area contributed by atoms with Crippen LogP contribution in [0.4, 0.5) is 4.39 Å². The lowest BCUT2D eigenvalue weighted by Crippen LogP contribution is -2.33. The predicted molar refractivity (Wildman–Crippen MR) is 112 cm³/mol. The molecule has 0 saturated carbocycles. The molecule has 1 atom stereocenters. The van der Waals surface area contributed by atoms with E-state index in [2.05, 4.69) is 5.32 Å². The SMILES string of the molecule is C[C@@H]1CC(=O)c2c(OCC(=O)NC(c3ccccc3)c3ccccc3)ccc(F)c21. The van der Waals surface area contributed by atoms with Crippen LogP contribution >= 0.6 is 0 Å². The molecule has 0 spiro atoms. The summed E-state index contributed by atoms with van der Waals surface area (Å²) in [6.45, 7) is 1.55. The first kappa shape index (κ1) is 19.8. The third-order valence-electron chi connectivity index (χ3n) is 5.35. The average Bonchev–Trinajstić information content (AvgIpc) is 3.08. The molecule has 1 aliphatic carbocycles. The normalized spacial score (nSPS) is 15.2. The van der Waals surface area contributed by atoms with Gasteiger partial charge in [-0.1, -0.05) is 67.6 Å². The van der Waals surface area contributed by atoms with E-state index < -0.39 is 5.82 Å². The summed E-state index contributed by atoms with van der Waals surface area (Å²) in [5.41, 5.74) is 2.54. The van der Waals surface area contributed by atoms with E-state index >= 15 is 0 Å². The standard InChI is InChI=1S/C25H22FNO3/c1-16-14-20(28)24-21(13-12-19(26)23(16)24)30-15-22(29)27-25(17-8-4-2-5-9-17)18-10-6-3-7-11-18/h2-13,16,25H,14-15H2,1H3,(H,27,29)/t16-/m1/s1. The second kappa shape index (κ2) is 8.49. The molecule has 0 heterocycles. The van der Waals surface area contributed by atoms with Gasteiger partial charge in [-0.3, -0.25) is 9.59 Å². The van der Waals surface area contributed by atoms with Gasteiger partial charge in [-0.05, 0) is 29.2 Å². The Balaban J connectivity index is 1.51. The smallest absolute Gasteiger partial charge is 0.258 e. The Bertz CT molecular complexity index is 1030. The summed E-state index contributed by atoms with van der Waals surface area (Å²) in [7, 11) is 0. The summed E-state index contributed by atoms with van der Waals surface area (Å²) in [5, 5.41) is 3.00. The van der Waals surface area contributed by atoms with Crippen LogP contribution in [0.3, 0.4) is 0 Å². The van der Waals surface area contributed by atoms with E-state index in [0.29, 0.717) is 5.56 Å². The van der Waals surface area contributed by atoms with Crippen molar-refractivity contribution in [2.75, 3.05) is 6.61 Å². The van der Waals surface area contributed by atoms with Crippen molar-refractivity contribution >= 4 is 11.7 Å². The summed E-state index contributed by atoms with van der Waals surface area (Å²) < 4.78 is 19.8. The minimum absolute atomic E-state index is 0.154. The van der Waals surface area contributed by atoms with Crippen LogP contribution in [-0.4, -0.2) is 18.3 Å². The molecule has 5 heteroatoms. The number of ketones is 1. The summed E-state index contributed by atoms with van der Waals surface area (Å²) in [6, 6.07) is 21.7. The van der Waals surface area contributed by atoms with Crippen LogP contribution in [0.5, 0.6) is 5.75 Å². The molecule has 0 aliphatic heterocycles. The lowest BCUT2D eigenvalue weighted by atomic mass is 9.99. The molecule has 30 heavy (non-hydrogen) atoms. The first-order chi connectivity index (χ1) is 14.5. The fraction of sp³-hybridized carbons (Fsp3) is 0.200. The third-order valence-corrected chi connectivity index (χ3v) is 5.35. The van der Waals surface area contributed by atoms with E-state index in [9.17, 15) is 14.0 Å². The first-order valence-electron chi connectivity index (χ1n) is 9.92. The van der Waals surface area contributed by atoms with Crippen LogP contribution in [0, 0.1) is 5.82 Å². The molecule has 1 aliphatic rings. The highest BCUT2D eigenvalue weighted by atomic mass is 19.1. The van der Waals surface area contributed by atoms with Gasteiger partial charge < -0.3 is 10.1 Å². The van der Waals surface area contributed by atoms with E-state index in [1.54, 1.807) is 0 Å². The second-order valence-electron chi connectivity index (χ2n) is 7.47. The van der Waals surface area contributed by atoms with Crippen molar-refractivity contribution in [1.29, 1.82) is 0 Å². The number of carbonyl (C=O) groups is 2. The molecule has 3 aromatic rings. The Morgan fingerprint density at radius 3 is 2.23 bits per heavy atom. The van der Waals surface area contributed by atoms with Gasteiger partial charge >= 0.3 is 0 Å². The largest absolute Gasteiger partial charge is 0.483 e. The number of Topliss-reactive ketones (excluding diaryl/α,β-unsaturated/α-hetero) is 1. The zero-order chi connectivity index (χ0) is 21.1. The third kappa shape index (κ3) is 3.96. The summed E-state index contributed by atoms with van der Waals surface area (Å²) in [6.07, 6.45) is 0.253. The zero-order valence-electron chi connectivity index (χ0n) is 16.6. The molecule has 1 amide bonds. The Morgan fingerprint density at radius 2 is 1.63 bits per heavy atom. The topological polar surface area (TPSA) is 55.4 Å². The van der Waals surface area contributed by atoms with Crippen LogP contribution in [-0.2, 0) is 4.79 Å². The van der Waals surface area contributed by atoms with Crippen LogP contribution in [0.25, 0.3) is 0 Å². The number of nitrogens with one attached hydrogen (secondary N) is 1. The maximum Gasteiger partial charge on any atom is 0.258 e. The lowest BCUT2D eigenvalue weighted by molar-refractivity contribution is -0.123. The van der Waals surface area contributed by atoms with Crippen molar-refractivity contribution in [3.8, 4) is 5.75 Å². The van der Waals surface area contributed by atoms with Crippen LogP contribution in [0.2, 0.25) is 0 Å². The predicted octanol–water partition coefficient (Wildman–Crippen LogP) is 4.80. The monoisotopic (exact) mass is 403 g/mol. The van der Waals surface area contributed by atoms with Crippen molar-refractivity contribution in [2.24, 2.45) is 0 Å². The Morgan fingerprint density at radius 1 is 1.03 bits per heavy atom. The summed E-state index contributed by atoms with van der Waals surface area (Å²) >= 11 is 0. The van der Waals surface area contributed by atoms with Crippen molar-refractivity contribution in [1.82, 2.24) is 5.32 Å². The number of hydrogen-bond acceptors (Lipinski definition) is 3. The molecule has 0 radical (unpaired) electrons. The van der Waals surface area contributed by atoms with Crippen molar-refractivity contribution in [3.63, 3.8) is 0 Å². The van der Waals surface area contributed by atoms with E-state index in [0.717, 1.165) is 11.1 Å². The Kier molecular flexibility index (Phi) is 5.61. The fourth-order valence-electron chi connectivity index (χ4n) is 3.94. The summed E-state index contributed by atoms with van der Waals surface area (Å²) in [4.78, 5) is 25.0. The van der Waals surface area contributed by atoms with Gasteiger partial charge in [0.25, 0.3) is 5.91 Å². The van der Waals surface area contributed by atoms with E-state index in [-0.39, 0.29) is 48.0 Å². The minimum Gasteiger partial charge on any atom is -0.483 e. The molecular formula is C25H22FNO3. The van der Waals surface area contributed by atoms with Gasteiger partial charge in [-0.2, -0.15) is 0 Å². The van der Waals surface area contributed by atoms with Gasteiger partial charge in [0.05, 0.1) is 11.6 Å². The Hall–Kier alpha value is -3.47. The number of halogens is 1. The zero-order valence-corrected chi connectivity index (χ0v) is 16.6. The fourth-order valence-corrected chi connectivity index (χ4v) is 3.94.